The van der Waals surface area contributed by atoms with Crippen LogP contribution in [0.5, 0.6) is 5.75 Å². The van der Waals surface area contributed by atoms with Crippen molar-refractivity contribution < 1.29 is 27.4 Å². The first-order chi connectivity index (χ1) is 15.2. The molecule has 164 valence electrons. The number of rotatable bonds is 5. The van der Waals surface area contributed by atoms with E-state index in [0.717, 1.165) is 22.6 Å². The minimum atomic E-state index is -4.24. The number of hydrogen-bond acceptors (Lipinski definition) is 5. The van der Waals surface area contributed by atoms with Crippen molar-refractivity contribution in [2.75, 3.05) is 12.0 Å². The van der Waals surface area contributed by atoms with Gasteiger partial charge in [0.05, 0.1) is 12.0 Å². The second-order valence-electron chi connectivity index (χ2n) is 7.36. The molecule has 0 unspecified atom stereocenters. The van der Waals surface area contributed by atoms with Gasteiger partial charge in [0.15, 0.2) is 5.76 Å². The second-order valence-corrected chi connectivity index (χ2v) is 9.27. The van der Waals surface area contributed by atoms with Gasteiger partial charge in [0, 0.05) is 5.69 Å². The van der Waals surface area contributed by atoms with E-state index in [9.17, 15) is 22.7 Å². The van der Waals surface area contributed by atoms with Crippen molar-refractivity contribution in [3.63, 3.8) is 0 Å². The van der Waals surface area contributed by atoms with Gasteiger partial charge in [-0.15, -0.1) is 0 Å². The summed E-state index contributed by atoms with van der Waals surface area (Å²) in [4.78, 5) is 13.8. The summed E-state index contributed by atoms with van der Waals surface area (Å²) in [5.74, 6) is -1.72. The van der Waals surface area contributed by atoms with E-state index in [1.54, 1.807) is 36.4 Å². The van der Waals surface area contributed by atoms with Crippen molar-refractivity contribution in [3.05, 3.63) is 100 Å². The zero-order valence-electron chi connectivity index (χ0n) is 17.3. The van der Waals surface area contributed by atoms with E-state index >= 15 is 0 Å². The highest BCUT2D eigenvalue weighted by Gasteiger charge is 2.47. The van der Waals surface area contributed by atoms with E-state index in [1.807, 2.05) is 6.92 Å². The molecular formula is C24H20FNO5S. The smallest absolute Gasteiger partial charge is 0.295 e. The number of aryl methyl sites for hydroxylation is 1. The number of anilines is 1. The molecule has 32 heavy (non-hydrogen) atoms. The van der Waals surface area contributed by atoms with Crippen molar-refractivity contribution in [2.24, 2.45) is 0 Å². The number of ether oxygens (including phenoxy) is 1. The van der Waals surface area contributed by atoms with Crippen LogP contribution in [0.4, 0.5) is 10.1 Å². The first kappa shape index (κ1) is 21.6. The number of amides is 1. The van der Waals surface area contributed by atoms with Crippen molar-refractivity contribution >= 4 is 21.4 Å². The maximum absolute atomic E-state index is 13.6. The number of carbonyl (C=O) groups excluding carboxylic acids is 1. The van der Waals surface area contributed by atoms with E-state index in [1.165, 1.54) is 31.4 Å². The molecule has 0 saturated heterocycles. The number of nitrogens with zero attached hydrogens (tertiary/aromatic N) is 1. The lowest BCUT2D eigenvalue weighted by Gasteiger charge is -2.27. The summed E-state index contributed by atoms with van der Waals surface area (Å²) >= 11 is 0. The summed E-state index contributed by atoms with van der Waals surface area (Å²) in [6.07, 6.45) is 0. The fourth-order valence-electron chi connectivity index (χ4n) is 3.66. The van der Waals surface area contributed by atoms with Gasteiger partial charge in [-0.3, -0.25) is 9.69 Å². The van der Waals surface area contributed by atoms with Crippen LogP contribution in [0.25, 0.3) is 0 Å². The van der Waals surface area contributed by atoms with Crippen LogP contribution in [0.3, 0.4) is 0 Å². The molecule has 0 radical (unpaired) electrons. The zero-order chi connectivity index (χ0) is 23.0. The topological polar surface area (TPSA) is 83.9 Å². The highest BCUT2D eigenvalue weighted by molar-refractivity contribution is 7.95. The minimum absolute atomic E-state index is 0.0445. The van der Waals surface area contributed by atoms with E-state index in [0.29, 0.717) is 11.3 Å². The normalized spacial score (nSPS) is 16.5. The lowest BCUT2D eigenvalue weighted by atomic mass is 10.1. The summed E-state index contributed by atoms with van der Waals surface area (Å²) in [5.41, 5.74) is 1.56. The Labute approximate surface area is 185 Å². The van der Waals surface area contributed by atoms with Crippen LogP contribution < -0.4 is 9.64 Å². The number of benzene rings is 3. The fourth-order valence-corrected chi connectivity index (χ4v) is 5.28. The number of methoxy groups -OCH3 is 1. The van der Waals surface area contributed by atoms with Gasteiger partial charge in [-0.2, -0.15) is 0 Å². The van der Waals surface area contributed by atoms with E-state index < -0.39 is 38.3 Å². The molecule has 0 bridgehead atoms. The Morgan fingerprint density at radius 1 is 0.938 bits per heavy atom. The SMILES string of the molecule is COc1ccc([C@@H]2C(S(=O)(=O)c3ccc(C)cc3)=C(O)C(=O)N2c2ccc(F)cc2)cc1. The van der Waals surface area contributed by atoms with E-state index in [-0.39, 0.29) is 10.6 Å². The molecule has 3 aromatic carbocycles. The Hall–Kier alpha value is -3.65. The lowest BCUT2D eigenvalue weighted by Crippen LogP contribution is -2.31. The van der Waals surface area contributed by atoms with Gasteiger partial charge in [0.1, 0.15) is 22.5 Å². The molecule has 1 aliphatic heterocycles. The molecule has 0 saturated carbocycles. The van der Waals surface area contributed by atoms with Crippen LogP contribution in [0.1, 0.15) is 17.2 Å². The van der Waals surface area contributed by atoms with Gasteiger partial charge < -0.3 is 9.84 Å². The molecule has 0 aliphatic carbocycles. The fraction of sp³-hybridized carbons (Fsp3) is 0.125. The van der Waals surface area contributed by atoms with Gasteiger partial charge >= 0.3 is 0 Å². The molecule has 0 fully saturated rings. The predicted octanol–water partition coefficient (Wildman–Crippen LogP) is 4.47. The van der Waals surface area contributed by atoms with Crippen molar-refractivity contribution in [1.82, 2.24) is 0 Å². The molecule has 1 atom stereocenters. The average Bonchev–Trinajstić information content (AvgIpc) is 3.06. The third-order valence-electron chi connectivity index (χ3n) is 5.32. The second kappa shape index (κ2) is 8.12. The quantitative estimate of drug-likeness (QED) is 0.616. The van der Waals surface area contributed by atoms with E-state index in [4.69, 9.17) is 4.74 Å². The van der Waals surface area contributed by atoms with Crippen molar-refractivity contribution in [3.8, 4) is 5.75 Å². The summed E-state index contributed by atoms with van der Waals surface area (Å²) < 4.78 is 45.8. The minimum Gasteiger partial charge on any atom is -0.502 e. The Bertz CT molecular complexity index is 1300. The van der Waals surface area contributed by atoms with Crippen LogP contribution in [0.2, 0.25) is 0 Å². The molecule has 0 aromatic heterocycles. The van der Waals surface area contributed by atoms with Gasteiger partial charge in [-0.05, 0) is 61.0 Å². The van der Waals surface area contributed by atoms with Crippen LogP contribution in [-0.4, -0.2) is 26.5 Å². The Morgan fingerprint density at radius 2 is 1.53 bits per heavy atom. The van der Waals surface area contributed by atoms with Gasteiger partial charge in [0.2, 0.25) is 9.84 Å². The maximum atomic E-state index is 13.6. The standard InChI is InChI=1S/C24H20FNO5S/c1-15-3-13-20(14-4-15)32(29,30)23-21(16-5-11-19(31-2)12-6-16)26(24(28)22(23)27)18-9-7-17(25)8-10-18/h3-14,21,27H,1-2H3/t21-/m1/s1. The highest BCUT2D eigenvalue weighted by Crippen LogP contribution is 2.45. The molecule has 6 nitrogen and oxygen atoms in total. The molecule has 4 rings (SSSR count). The third kappa shape index (κ3) is 3.62. The third-order valence-corrected chi connectivity index (χ3v) is 7.21. The molecule has 3 aromatic rings. The van der Waals surface area contributed by atoms with E-state index in [2.05, 4.69) is 0 Å². The summed E-state index contributed by atoms with van der Waals surface area (Å²) in [6.45, 7) is 1.82. The molecule has 1 N–H and O–H groups in total. The monoisotopic (exact) mass is 453 g/mol. The number of aliphatic hydroxyl groups excluding tert-OH is 1. The van der Waals surface area contributed by atoms with Crippen LogP contribution in [0, 0.1) is 12.7 Å². The Balaban J connectivity index is 1.92. The number of aliphatic hydroxyl groups is 1. The predicted molar refractivity (Wildman–Crippen MR) is 118 cm³/mol. The summed E-state index contributed by atoms with van der Waals surface area (Å²) in [7, 11) is -2.74. The molecule has 1 aliphatic rings. The average molecular weight is 453 g/mol. The maximum Gasteiger partial charge on any atom is 0.295 e. The van der Waals surface area contributed by atoms with Gasteiger partial charge in [-0.1, -0.05) is 29.8 Å². The van der Waals surface area contributed by atoms with Crippen molar-refractivity contribution in [2.45, 2.75) is 17.9 Å². The molecular weight excluding hydrogens is 433 g/mol. The number of halogens is 1. The lowest BCUT2D eigenvalue weighted by molar-refractivity contribution is -0.117. The van der Waals surface area contributed by atoms with Gasteiger partial charge in [-0.25, -0.2) is 12.8 Å². The number of sulfone groups is 1. The summed E-state index contributed by atoms with van der Waals surface area (Å²) in [5, 5.41) is 10.7. The Morgan fingerprint density at radius 3 is 2.09 bits per heavy atom. The summed E-state index contributed by atoms with van der Waals surface area (Å²) in [6, 6.07) is 16.6. The first-order valence-electron chi connectivity index (χ1n) is 9.72. The number of carbonyl (C=O) groups is 1. The number of hydrogen-bond donors (Lipinski definition) is 1. The molecule has 0 spiro atoms. The first-order valence-corrected chi connectivity index (χ1v) is 11.2. The van der Waals surface area contributed by atoms with Gasteiger partial charge in [0.25, 0.3) is 5.91 Å². The molecule has 1 amide bonds. The molecule has 8 heteroatoms. The zero-order valence-corrected chi connectivity index (χ0v) is 18.1. The van der Waals surface area contributed by atoms with Crippen molar-refractivity contribution in [1.29, 1.82) is 0 Å². The molecule has 1 heterocycles. The highest BCUT2D eigenvalue weighted by atomic mass is 32.2. The Kier molecular flexibility index (Phi) is 5.48. The largest absolute Gasteiger partial charge is 0.502 e. The van der Waals surface area contributed by atoms with Crippen LogP contribution in [0.15, 0.2) is 88.4 Å². The van der Waals surface area contributed by atoms with Crippen LogP contribution >= 0.6 is 0 Å². The van der Waals surface area contributed by atoms with Crippen LogP contribution in [-0.2, 0) is 14.6 Å².